The molecule has 2 N–H and O–H groups in total. The molecule has 0 amide bonds. The molecule has 0 saturated carbocycles. The lowest BCUT2D eigenvalue weighted by Gasteiger charge is -2.35. The van der Waals surface area contributed by atoms with Crippen molar-refractivity contribution in [3.63, 3.8) is 0 Å². The highest BCUT2D eigenvalue weighted by Gasteiger charge is 2.21. The molecule has 5 nitrogen and oxygen atoms in total. The van der Waals surface area contributed by atoms with Crippen LogP contribution in [0, 0.1) is 0 Å². The van der Waals surface area contributed by atoms with Gasteiger partial charge in [0.1, 0.15) is 5.75 Å². The van der Waals surface area contributed by atoms with Crippen LogP contribution in [-0.2, 0) is 0 Å². The fourth-order valence-corrected chi connectivity index (χ4v) is 3.38. The Morgan fingerprint density at radius 2 is 2.28 bits per heavy atom. The maximum atomic E-state index is 5.35. The van der Waals surface area contributed by atoms with Crippen molar-refractivity contribution in [3.8, 4) is 5.75 Å². The Kier molecular flexibility index (Phi) is 11.1. The average molecular weight is 478 g/mol. The highest BCUT2D eigenvalue weighted by Crippen LogP contribution is 2.24. The molecule has 1 saturated heterocycles. The lowest BCUT2D eigenvalue weighted by molar-refractivity contribution is 0.414. The van der Waals surface area contributed by atoms with Gasteiger partial charge in [-0.1, -0.05) is 6.07 Å². The van der Waals surface area contributed by atoms with Gasteiger partial charge in [0.05, 0.1) is 7.11 Å². The number of piperidine rings is 1. The number of thioether (sulfide) groups is 1. The monoisotopic (exact) mass is 478 g/mol. The number of methoxy groups -OCH3 is 1. The fraction of sp³-hybridized carbons (Fsp3) is 0.611. The SMILES string of the molecule is CN=C(NCCCSC)NC1CCCN(c2cccc(OC)c2)C1.I. The second-order valence-corrected chi connectivity index (χ2v) is 6.96. The van der Waals surface area contributed by atoms with E-state index in [2.05, 4.69) is 45.0 Å². The van der Waals surface area contributed by atoms with Gasteiger partial charge in [-0.25, -0.2) is 0 Å². The van der Waals surface area contributed by atoms with Crippen LogP contribution in [0.1, 0.15) is 19.3 Å². The number of nitrogens with one attached hydrogen (secondary N) is 2. The molecule has 1 atom stereocenters. The van der Waals surface area contributed by atoms with Crippen molar-refractivity contribution in [2.24, 2.45) is 4.99 Å². The molecule has 0 aromatic heterocycles. The quantitative estimate of drug-likeness (QED) is 0.273. The normalized spacial score (nSPS) is 17.6. The van der Waals surface area contributed by atoms with Gasteiger partial charge in [-0.05, 0) is 43.4 Å². The molecular formula is C18H31IN4OS. The van der Waals surface area contributed by atoms with Crippen LogP contribution in [0.4, 0.5) is 5.69 Å². The Morgan fingerprint density at radius 3 is 3.00 bits per heavy atom. The molecular weight excluding hydrogens is 447 g/mol. The Bertz CT molecular complexity index is 530. The fourth-order valence-electron chi connectivity index (χ4n) is 2.95. The van der Waals surface area contributed by atoms with Crippen LogP contribution >= 0.6 is 35.7 Å². The van der Waals surface area contributed by atoms with Crippen LogP contribution in [-0.4, -0.2) is 57.8 Å². The average Bonchev–Trinajstić information content (AvgIpc) is 2.64. The molecule has 1 aromatic carbocycles. The van der Waals surface area contributed by atoms with Crippen LogP contribution in [0.5, 0.6) is 5.75 Å². The van der Waals surface area contributed by atoms with Gasteiger partial charge >= 0.3 is 0 Å². The van der Waals surface area contributed by atoms with Crippen molar-refractivity contribution < 1.29 is 4.74 Å². The Balaban J connectivity index is 0.00000312. The third kappa shape index (κ3) is 7.52. The van der Waals surface area contributed by atoms with E-state index in [1.807, 2.05) is 24.9 Å². The van der Waals surface area contributed by atoms with Crippen LogP contribution in [0.3, 0.4) is 0 Å². The minimum atomic E-state index is 0. The maximum Gasteiger partial charge on any atom is 0.191 e. The third-order valence-corrected chi connectivity index (χ3v) is 4.92. The molecule has 0 spiro atoms. The van der Waals surface area contributed by atoms with Crippen LogP contribution in [0.2, 0.25) is 0 Å². The first-order valence-electron chi connectivity index (χ1n) is 8.62. The number of rotatable bonds is 7. The number of halogens is 1. The molecule has 0 radical (unpaired) electrons. The van der Waals surface area contributed by atoms with Gasteiger partial charge in [-0.15, -0.1) is 24.0 Å². The van der Waals surface area contributed by atoms with Crippen molar-refractivity contribution in [3.05, 3.63) is 24.3 Å². The molecule has 0 bridgehead atoms. The van der Waals surface area contributed by atoms with Crippen LogP contribution < -0.4 is 20.3 Å². The number of hydrogen-bond donors (Lipinski definition) is 2. The van der Waals surface area contributed by atoms with E-state index in [1.54, 1.807) is 7.11 Å². The largest absolute Gasteiger partial charge is 0.497 e. The maximum absolute atomic E-state index is 5.35. The highest BCUT2D eigenvalue weighted by atomic mass is 127. The van der Waals surface area contributed by atoms with E-state index in [1.165, 1.54) is 24.3 Å². The molecule has 7 heteroatoms. The lowest BCUT2D eigenvalue weighted by atomic mass is 10.0. The second kappa shape index (κ2) is 12.5. The summed E-state index contributed by atoms with van der Waals surface area (Å²) in [6, 6.07) is 8.72. The Hall–Kier alpha value is -0.830. The van der Waals surface area contributed by atoms with Gasteiger partial charge in [0.15, 0.2) is 5.96 Å². The second-order valence-electron chi connectivity index (χ2n) is 5.98. The minimum Gasteiger partial charge on any atom is -0.497 e. The molecule has 1 aliphatic rings. The highest BCUT2D eigenvalue weighted by molar-refractivity contribution is 14.0. The zero-order valence-electron chi connectivity index (χ0n) is 15.5. The summed E-state index contributed by atoms with van der Waals surface area (Å²) in [5, 5.41) is 6.98. The smallest absolute Gasteiger partial charge is 0.191 e. The molecule has 1 unspecified atom stereocenters. The number of anilines is 1. The number of guanidine groups is 1. The van der Waals surface area contributed by atoms with Crippen molar-refractivity contribution in [2.75, 3.05) is 50.7 Å². The van der Waals surface area contributed by atoms with E-state index in [9.17, 15) is 0 Å². The molecule has 25 heavy (non-hydrogen) atoms. The Labute approximate surface area is 173 Å². The van der Waals surface area contributed by atoms with Crippen molar-refractivity contribution >= 4 is 47.4 Å². The van der Waals surface area contributed by atoms with Gasteiger partial charge in [-0.3, -0.25) is 4.99 Å². The molecule has 0 aliphatic carbocycles. The van der Waals surface area contributed by atoms with E-state index < -0.39 is 0 Å². The van der Waals surface area contributed by atoms with Gasteiger partial charge in [-0.2, -0.15) is 11.8 Å². The molecule has 1 heterocycles. The topological polar surface area (TPSA) is 48.9 Å². The van der Waals surface area contributed by atoms with Crippen LogP contribution in [0.25, 0.3) is 0 Å². The van der Waals surface area contributed by atoms with Crippen molar-refractivity contribution in [1.82, 2.24) is 10.6 Å². The first-order valence-corrected chi connectivity index (χ1v) is 10.0. The predicted octanol–water partition coefficient (Wildman–Crippen LogP) is 3.20. The summed E-state index contributed by atoms with van der Waals surface area (Å²) >= 11 is 1.88. The standard InChI is InChI=1S/C18H30N4OS.HI/c1-19-18(20-10-6-12-24-3)21-15-7-5-11-22(14-15)16-8-4-9-17(13-16)23-2;/h4,8-9,13,15H,5-7,10-12,14H2,1-3H3,(H2,19,20,21);1H. The van der Waals surface area contributed by atoms with Gasteiger partial charge < -0.3 is 20.3 Å². The first-order chi connectivity index (χ1) is 11.8. The minimum absolute atomic E-state index is 0. The molecule has 1 aromatic rings. The van der Waals surface area contributed by atoms with E-state index >= 15 is 0 Å². The number of hydrogen-bond acceptors (Lipinski definition) is 4. The third-order valence-electron chi connectivity index (χ3n) is 4.22. The first kappa shape index (κ1) is 22.2. The zero-order chi connectivity index (χ0) is 17.2. The number of ether oxygens (including phenoxy) is 1. The number of nitrogens with zero attached hydrogens (tertiary/aromatic N) is 2. The number of benzene rings is 1. The van der Waals surface area contributed by atoms with Gasteiger partial charge in [0.2, 0.25) is 0 Å². The summed E-state index contributed by atoms with van der Waals surface area (Å²) in [6.45, 7) is 3.04. The summed E-state index contributed by atoms with van der Waals surface area (Å²) in [5.74, 6) is 3.00. The van der Waals surface area contributed by atoms with Crippen molar-refractivity contribution in [1.29, 1.82) is 0 Å². The zero-order valence-corrected chi connectivity index (χ0v) is 18.6. The van der Waals surface area contributed by atoms with Crippen molar-refractivity contribution in [2.45, 2.75) is 25.3 Å². The van der Waals surface area contributed by atoms with Gasteiger partial charge in [0, 0.05) is 44.5 Å². The van der Waals surface area contributed by atoms with Crippen LogP contribution in [0.15, 0.2) is 29.3 Å². The van der Waals surface area contributed by atoms with E-state index in [0.717, 1.165) is 37.8 Å². The molecule has 2 rings (SSSR count). The summed E-state index contributed by atoms with van der Waals surface area (Å²) in [6.07, 6.45) is 5.65. The summed E-state index contributed by atoms with van der Waals surface area (Å²) < 4.78 is 5.35. The molecule has 142 valence electrons. The summed E-state index contributed by atoms with van der Waals surface area (Å²) in [5.41, 5.74) is 1.23. The summed E-state index contributed by atoms with van der Waals surface area (Å²) in [4.78, 5) is 6.78. The Morgan fingerprint density at radius 1 is 1.44 bits per heavy atom. The molecule has 1 fully saturated rings. The number of aliphatic imine (C=N–C) groups is 1. The van der Waals surface area contributed by atoms with E-state index in [0.29, 0.717) is 6.04 Å². The molecule has 1 aliphatic heterocycles. The summed E-state index contributed by atoms with van der Waals surface area (Å²) in [7, 11) is 3.55. The lowest BCUT2D eigenvalue weighted by Crippen LogP contribution is -2.51. The predicted molar refractivity (Wildman–Crippen MR) is 121 cm³/mol. The van der Waals surface area contributed by atoms with E-state index in [4.69, 9.17) is 4.74 Å². The van der Waals surface area contributed by atoms with Gasteiger partial charge in [0.25, 0.3) is 0 Å². The van der Waals surface area contributed by atoms with E-state index in [-0.39, 0.29) is 24.0 Å².